The van der Waals surface area contributed by atoms with Crippen LogP contribution in [0.15, 0.2) is 30.5 Å². The molecule has 0 bridgehead atoms. The van der Waals surface area contributed by atoms with Gasteiger partial charge in [0.25, 0.3) is 0 Å². The summed E-state index contributed by atoms with van der Waals surface area (Å²) in [6.45, 7) is 0.273. The molecule has 0 radical (unpaired) electrons. The fourth-order valence-electron chi connectivity index (χ4n) is 2.78. The number of alkyl halides is 2. The van der Waals surface area contributed by atoms with E-state index in [0.717, 1.165) is 16.5 Å². The van der Waals surface area contributed by atoms with Gasteiger partial charge < -0.3 is 10.7 Å². The molecule has 0 spiro atoms. The number of aromatic nitrogens is 1. The first-order valence-corrected chi connectivity index (χ1v) is 5.70. The molecule has 1 aliphatic rings. The van der Waals surface area contributed by atoms with Gasteiger partial charge >= 0.3 is 0 Å². The van der Waals surface area contributed by atoms with E-state index in [-0.39, 0.29) is 19.4 Å². The zero-order valence-electron chi connectivity index (χ0n) is 9.34. The van der Waals surface area contributed by atoms with Crippen molar-refractivity contribution in [3.8, 4) is 0 Å². The van der Waals surface area contributed by atoms with Crippen molar-refractivity contribution in [2.45, 2.75) is 24.2 Å². The molecule has 0 unspecified atom stereocenters. The quantitative estimate of drug-likeness (QED) is 0.827. The van der Waals surface area contributed by atoms with E-state index in [0.29, 0.717) is 0 Å². The summed E-state index contributed by atoms with van der Waals surface area (Å²) in [5, 5.41) is 1.09. The van der Waals surface area contributed by atoms with Gasteiger partial charge in [0, 0.05) is 36.5 Å². The number of nitrogens with one attached hydrogen (secondary N) is 1. The van der Waals surface area contributed by atoms with Crippen molar-refractivity contribution in [1.82, 2.24) is 4.98 Å². The normalized spacial score (nSPS) is 21.4. The number of rotatable bonds is 2. The third-order valence-electron chi connectivity index (χ3n) is 3.75. The van der Waals surface area contributed by atoms with Gasteiger partial charge in [-0.15, -0.1) is 0 Å². The standard InChI is InChI=1S/C13H14F2N2/c14-13(15)6-12(7-13,8-16)10-2-1-9-3-4-17-11(9)5-10/h1-5,17H,6-8,16H2. The van der Waals surface area contributed by atoms with E-state index in [1.54, 1.807) is 0 Å². The molecule has 0 amide bonds. The lowest BCUT2D eigenvalue weighted by atomic mass is 9.62. The average molecular weight is 236 g/mol. The largest absolute Gasteiger partial charge is 0.361 e. The zero-order valence-corrected chi connectivity index (χ0v) is 9.34. The molecule has 0 aliphatic heterocycles. The van der Waals surface area contributed by atoms with Crippen LogP contribution >= 0.6 is 0 Å². The van der Waals surface area contributed by atoms with Gasteiger partial charge in [0.15, 0.2) is 0 Å². The van der Waals surface area contributed by atoms with Crippen molar-refractivity contribution in [1.29, 1.82) is 0 Å². The van der Waals surface area contributed by atoms with Crippen LogP contribution in [0.1, 0.15) is 18.4 Å². The van der Waals surface area contributed by atoms with Crippen molar-refractivity contribution in [2.24, 2.45) is 5.73 Å². The van der Waals surface area contributed by atoms with Crippen LogP contribution in [0.5, 0.6) is 0 Å². The van der Waals surface area contributed by atoms with E-state index >= 15 is 0 Å². The molecule has 1 aromatic carbocycles. The van der Waals surface area contributed by atoms with Crippen molar-refractivity contribution in [3.05, 3.63) is 36.0 Å². The molecule has 90 valence electrons. The Hall–Kier alpha value is -1.42. The third-order valence-corrected chi connectivity index (χ3v) is 3.75. The Kier molecular flexibility index (Phi) is 2.08. The Morgan fingerprint density at radius 2 is 2.00 bits per heavy atom. The summed E-state index contributed by atoms with van der Waals surface area (Å²) in [7, 11) is 0. The number of halogens is 2. The van der Waals surface area contributed by atoms with Crippen LogP contribution in [-0.4, -0.2) is 17.5 Å². The zero-order chi connectivity index (χ0) is 12.1. The predicted octanol–water partition coefficient (Wildman–Crippen LogP) is 2.79. The molecule has 2 aromatic rings. The monoisotopic (exact) mass is 236 g/mol. The number of hydrogen-bond acceptors (Lipinski definition) is 1. The van der Waals surface area contributed by atoms with Gasteiger partial charge in [0.2, 0.25) is 5.92 Å². The molecule has 3 rings (SSSR count). The summed E-state index contributed by atoms with van der Waals surface area (Å²) >= 11 is 0. The van der Waals surface area contributed by atoms with Gasteiger partial charge in [-0.3, -0.25) is 0 Å². The minimum absolute atomic E-state index is 0.136. The lowest BCUT2D eigenvalue weighted by Crippen LogP contribution is -2.53. The number of benzene rings is 1. The number of nitrogens with two attached hydrogens (primary N) is 1. The second-order valence-electron chi connectivity index (χ2n) is 4.97. The molecule has 1 fully saturated rings. The molecule has 1 heterocycles. The predicted molar refractivity (Wildman–Crippen MR) is 63.2 cm³/mol. The van der Waals surface area contributed by atoms with E-state index < -0.39 is 11.3 Å². The van der Waals surface area contributed by atoms with Crippen molar-refractivity contribution < 1.29 is 8.78 Å². The van der Waals surface area contributed by atoms with E-state index in [2.05, 4.69) is 4.98 Å². The fraction of sp³-hybridized carbons (Fsp3) is 0.385. The highest BCUT2D eigenvalue weighted by Gasteiger charge is 2.56. The van der Waals surface area contributed by atoms with Gasteiger partial charge in [-0.25, -0.2) is 8.78 Å². The molecule has 4 heteroatoms. The number of fused-ring (bicyclic) bond motifs is 1. The highest BCUT2D eigenvalue weighted by atomic mass is 19.3. The lowest BCUT2D eigenvalue weighted by Gasteiger charge is -2.47. The highest BCUT2D eigenvalue weighted by Crippen LogP contribution is 2.53. The number of aromatic amines is 1. The molecule has 1 aliphatic carbocycles. The third kappa shape index (κ3) is 1.55. The minimum Gasteiger partial charge on any atom is -0.361 e. The van der Waals surface area contributed by atoms with Crippen molar-refractivity contribution in [3.63, 3.8) is 0 Å². The topological polar surface area (TPSA) is 41.8 Å². The molecule has 2 nitrogen and oxygen atoms in total. The number of hydrogen-bond donors (Lipinski definition) is 2. The van der Waals surface area contributed by atoms with Gasteiger partial charge in [0.05, 0.1) is 0 Å². The summed E-state index contributed by atoms with van der Waals surface area (Å²) in [5.74, 6) is -2.55. The highest BCUT2D eigenvalue weighted by molar-refractivity contribution is 5.80. The molecule has 0 atom stereocenters. The Morgan fingerprint density at radius 1 is 1.24 bits per heavy atom. The average Bonchev–Trinajstić information content (AvgIpc) is 2.71. The molecule has 17 heavy (non-hydrogen) atoms. The van der Waals surface area contributed by atoms with E-state index in [9.17, 15) is 8.78 Å². The van der Waals surface area contributed by atoms with Gasteiger partial charge in [-0.2, -0.15) is 0 Å². The summed E-state index contributed by atoms with van der Waals surface area (Å²) in [6.07, 6.45) is 1.57. The SMILES string of the molecule is NCC1(c2ccc3cc[nH]c3c2)CC(F)(F)C1. The Balaban J connectivity index is 2.02. The Bertz CT molecular complexity index is 551. The summed E-state index contributed by atoms with van der Waals surface area (Å²) in [4.78, 5) is 3.10. The first-order chi connectivity index (χ1) is 8.05. The summed E-state index contributed by atoms with van der Waals surface area (Å²) < 4.78 is 26.2. The summed E-state index contributed by atoms with van der Waals surface area (Å²) in [5.41, 5.74) is 7.05. The lowest BCUT2D eigenvalue weighted by molar-refractivity contribution is -0.123. The minimum atomic E-state index is -2.55. The van der Waals surface area contributed by atoms with Crippen LogP contribution in [0.4, 0.5) is 8.78 Å². The number of H-pyrrole nitrogens is 1. The van der Waals surface area contributed by atoms with E-state index in [4.69, 9.17) is 5.73 Å². The van der Waals surface area contributed by atoms with Crippen LogP contribution in [-0.2, 0) is 5.41 Å². The van der Waals surface area contributed by atoms with Crippen LogP contribution < -0.4 is 5.73 Å². The molecular weight excluding hydrogens is 222 g/mol. The summed E-state index contributed by atoms with van der Waals surface area (Å²) in [6, 6.07) is 7.77. The molecule has 0 saturated heterocycles. The smallest absolute Gasteiger partial charge is 0.250 e. The molecule has 1 aromatic heterocycles. The first-order valence-electron chi connectivity index (χ1n) is 5.70. The van der Waals surface area contributed by atoms with Crippen LogP contribution in [0.25, 0.3) is 10.9 Å². The first kappa shape index (κ1) is 10.7. The van der Waals surface area contributed by atoms with Crippen LogP contribution in [0.3, 0.4) is 0 Å². The van der Waals surface area contributed by atoms with Crippen LogP contribution in [0.2, 0.25) is 0 Å². The maximum atomic E-state index is 13.1. The van der Waals surface area contributed by atoms with Crippen molar-refractivity contribution in [2.75, 3.05) is 6.54 Å². The maximum Gasteiger partial charge on any atom is 0.250 e. The molecule has 1 saturated carbocycles. The van der Waals surface area contributed by atoms with E-state index in [1.807, 2.05) is 30.5 Å². The van der Waals surface area contributed by atoms with Gasteiger partial charge in [-0.1, -0.05) is 12.1 Å². The molecule has 3 N–H and O–H groups in total. The second-order valence-corrected chi connectivity index (χ2v) is 4.97. The second kappa shape index (κ2) is 3.29. The fourth-order valence-corrected chi connectivity index (χ4v) is 2.78. The van der Waals surface area contributed by atoms with Gasteiger partial charge in [-0.05, 0) is 23.1 Å². The maximum absolute atomic E-state index is 13.1. The van der Waals surface area contributed by atoms with Crippen LogP contribution in [0, 0.1) is 0 Å². The Morgan fingerprint density at radius 3 is 2.65 bits per heavy atom. The van der Waals surface area contributed by atoms with Gasteiger partial charge in [0.1, 0.15) is 0 Å². The molecular formula is C13H14F2N2. The van der Waals surface area contributed by atoms with E-state index in [1.165, 1.54) is 0 Å². The Labute approximate surface area is 97.8 Å². The van der Waals surface area contributed by atoms with Crippen molar-refractivity contribution >= 4 is 10.9 Å².